The van der Waals surface area contributed by atoms with Crippen molar-refractivity contribution < 1.29 is 9.59 Å². The number of nitrogens with two attached hydrogens (primary N) is 1. The number of halogens is 1. The average molecular weight is 397 g/mol. The van der Waals surface area contributed by atoms with Gasteiger partial charge in [0.25, 0.3) is 5.91 Å². The van der Waals surface area contributed by atoms with Gasteiger partial charge in [0.05, 0.1) is 0 Å². The topological polar surface area (TPSA) is 72.2 Å². The molecule has 3 rings (SSSR count). The molecule has 0 aliphatic rings. The zero-order valence-electron chi connectivity index (χ0n) is 13.4. The average Bonchev–Trinajstić information content (AvgIpc) is 2.62. The van der Waals surface area contributed by atoms with Crippen molar-refractivity contribution in [3.05, 3.63) is 82.3 Å². The summed E-state index contributed by atoms with van der Waals surface area (Å²) in [5, 5.41) is 4.76. The molecule has 0 heterocycles. The van der Waals surface area contributed by atoms with Crippen LogP contribution in [0.15, 0.2) is 71.2 Å². The molecule has 126 valence electrons. The molecule has 1 atom stereocenters. The summed E-state index contributed by atoms with van der Waals surface area (Å²) < 4.78 is 0.876. The molecule has 0 radical (unpaired) electrons. The van der Waals surface area contributed by atoms with Crippen LogP contribution in [0.4, 0.5) is 0 Å². The highest BCUT2D eigenvalue weighted by atomic mass is 79.9. The molecule has 0 saturated heterocycles. The van der Waals surface area contributed by atoms with Crippen molar-refractivity contribution >= 4 is 38.5 Å². The monoisotopic (exact) mass is 396 g/mol. The fourth-order valence-electron chi connectivity index (χ4n) is 2.68. The van der Waals surface area contributed by atoms with Crippen LogP contribution in [-0.4, -0.2) is 17.9 Å². The number of fused-ring (bicyclic) bond motifs is 1. The van der Waals surface area contributed by atoms with Crippen LogP contribution in [-0.2, 0) is 11.2 Å². The standard InChI is InChI=1S/C20H17BrN2O2/c21-17-8-4-3-7-15(17)12-18(19(22)24)23-20(25)16-10-9-13-5-1-2-6-14(13)11-16/h1-11,18H,12H2,(H2,22,24)(H,23,25)/t18-/m0/s1. The van der Waals surface area contributed by atoms with Gasteiger partial charge >= 0.3 is 0 Å². The van der Waals surface area contributed by atoms with Crippen LogP contribution in [0.5, 0.6) is 0 Å². The van der Waals surface area contributed by atoms with Gasteiger partial charge in [-0.25, -0.2) is 0 Å². The normalized spacial score (nSPS) is 11.9. The van der Waals surface area contributed by atoms with E-state index in [9.17, 15) is 9.59 Å². The van der Waals surface area contributed by atoms with Gasteiger partial charge < -0.3 is 11.1 Å². The lowest BCUT2D eigenvalue weighted by molar-refractivity contribution is -0.119. The van der Waals surface area contributed by atoms with Crippen molar-refractivity contribution in [2.75, 3.05) is 0 Å². The quantitative estimate of drug-likeness (QED) is 0.693. The predicted molar refractivity (Wildman–Crippen MR) is 102 cm³/mol. The highest BCUT2D eigenvalue weighted by Crippen LogP contribution is 2.18. The van der Waals surface area contributed by atoms with E-state index >= 15 is 0 Å². The third kappa shape index (κ3) is 4.06. The number of carbonyl (C=O) groups excluding carboxylic acids is 2. The predicted octanol–water partition coefficient (Wildman–Crippen LogP) is 3.43. The summed E-state index contributed by atoms with van der Waals surface area (Å²) in [7, 11) is 0. The van der Waals surface area contributed by atoms with E-state index in [2.05, 4.69) is 21.2 Å². The molecular formula is C20H17BrN2O2. The van der Waals surface area contributed by atoms with Crippen molar-refractivity contribution in [1.82, 2.24) is 5.32 Å². The Labute approximate surface area is 154 Å². The van der Waals surface area contributed by atoms with Crippen molar-refractivity contribution in [3.63, 3.8) is 0 Å². The first kappa shape index (κ1) is 17.2. The summed E-state index contributed by atoms with van der Waals surface area (Å²) in [6.07, 6.45) is 0.329. The lowest BCUT2D eigenvalue weighted by Gasteiger charge is -2.16. The second-order valence-electron chi connectivity index (χ2n) is 5.79. The summed E-state index contributed by atoms with van der Waals surface area (Å²) >= 11 is 3.45. The van der Waals surface area contributed by atoms with Crippen LogP contribution in [0.25, 0.3) is 10.8 Å². The van der Waals surface area contributed by atoms with E-state index in [0.717, 1.165) is 20.8 Å². The first-order valence-corrected chi connectivity index (χ1v) is 8.66. The minimum Gasteiger partial charge on any atom is -0.368 e. The molecule has 3 aromatic carbocycles. The molecular weight excluding hydrogens is 380 g/mol. The molecule has 0 aliphatic carbocycles. The number of nitrogens with one attached hydrogen (secondary N) is 1. The summed E-state index contributed by atoms with van der Waals surface area (Å²) in [5.41, 5.74) is 6.89. The summed E-state index contributed by atoms with van der Waals surface area (Å²) in [6.45, 7) is 0. The minimum absolute atomic E-state index is 0.318. The molecule has 4 nitrogen and oxygen atoms in total. The number of primary amides is 1. The Hall–Kier alpha value is -2.66. The zero-order chi connectivity index (χ0) is 17.8. The van der Waals surface area contributed by atoms with Gasteiger partial charge in [0.2, 0.25) is 5.91 Å². The number of rotatable bonds is 5. The van der Waals surface area contributed by atoms with Crippen molar-refractivity contribution in [1.29, 1.82) is 0 Å². The van der Waals surface area contributed by atoms with E-state index in [0.29, 0.717) is 12.0 Å². The lowest BCUT2D eigenvalue weighted by atomic mass is 10.0. The maximum atomic E-state index is 12.5. The van der Waals surface area contributed by atoms with Gasteiger partial charge in [-0.3, -0.25) is 9.59 Å². The molecule has 3 aromatic rings. The highest BCUT2D eigenvalue weighted by molar-refractivity contribution is 9.10. The van der Waals surface area contributed by atoms with E-state index in [1.165, 1.54) is 0 Å². The minimum atomic E-state index is -0.780. The molecule has 0 spiro atoms. The Morgan fingerprint density at radius 2 is 1.64 bits per heavy atom. The number of hydrogen-bond acceptors (Lipinski definition) is 2. The molecule has 25 heavy (non-hydrogen) atoms. The lowest BCUT2D eigenvalue weighted by Crippen LogP contribution is -2.45. The smallest absolute Gasteiger partial charge is 0.251 e. The summed E-state index contributed by atoms with van der Waals surface area (Å²) in [4.78, 5) is 24.3. The molecule has 0 aliphatic heterocycles. The Morgan fingerprint density at radius 1 is 0.960 bits per heavy atom. The van der Waals surface area contributed by atoms with Crippen LogP contribution in [0.1, 0.15) is 15.9 Å². The molecule has 0 aromatic heterocycles. The van der Waals surface area contributed by atoms with Gasteiger partial charge in [-0.2, -0.15) is 0 Å². The van der Waals surface area contributed by atoms with Crippen LogP contribution >= 0.6 is 15.9 Å². The Kier molecular flexibility index (Phi) is 5.14. The Morgan fingerprint density at radius 3 is 2.36 bits per heavy atom. The van der Waals surface area contributed by atoms with E-state index in [-0.39, 0.29) is 5.91 Å². The van der Waals surface area contributed by atoms with E-state index < -0.39 is 11.9 Å². The molecule has 0 unspecified atom stereocenters. The van der Waals surface area contributed by atoms with Crippen LogP contribution in [0, 0.1) is 0 Å². The van der Waals surface area contributed by atoms with Crippen LogP contribution in [0.2, 0.25) is 0 Å². The first-order chi connectivity index (χ1) is 12.0. The Balaban J connectivity index is 1.80. The fraction of sp³-hybridized carbons (Fsp3) is 0.100. The molecule has 0 bridgehead atoms. The molecule has 2 amide bonds. The molecule has 3 N–H and O–H groups in total. The molecule has 5 heteroatoms. The number of hydrogen-bond donors (Lipinski definition) is 2. The van der Waals surface area contributed by atoms with Gasteiger partial charge in [0.15, 0.2) is 0 Å². The van der Waals surface area contributed by atoms with E-state index in [1.807, 2.05) is 54.6 Å². The van der Waals surface area contributed by atoms with Gasteiger partial charge in [0.1, 0.15) is 6.04 Å². The van der Waals surface area contributed by atoms with Gasteiger partial charge in [-0.1, -0.05) is 64.5 Å². The van der Waals surface area contributed by atoms with Gasteiger partial charge in [-0.15, -0.1) is 0 Å². The summed E-state index contributed by atoms with van der Waals surface area (Å²) in [6, 6.07) is 20.0. The number of carbonyl (C=O) groups is 2. The van der Waals surface area contributed by atoms with E-state index in [4.69, 9.17) is 5.73 Å². The number of benzene rings is 3. The van der Waals surface area contributed by atoms with Crippen LogP contribution < -0.4 is 11.1 Å². The second kappa shape index (κ2) is 7.49. The van der Waals surface area contributed by atoms with Crippen molar-refractivity contribution in [3.8, 4) is 0 Å². The Bertz CT molecular complexity index is 940. The third-order valence-electron chi connectivity index (χ3n) is 4.04. The van der Waals surface area contributed by atoms with Gasteiger partial charge in [0, 0.05) is 16.5 Å². The van der Waals surface area contributed by atoms with Crippen LogP contribution in [0.3, 0.4) is 0 Å². The second-order valence-corrected chi connectivity index (χ2v) is 6.64. The van der Waals surface area contributed by atoms with Crippen molar-refractivity contribution in [2.45, 2.75) is 12.5 Å². The summed E-state index contributed by atoms with van der Waals surface area (Å²) in [5.74, 6) is -0.883. The zero-order valence-corrected chi connectivity index (χ0v) is 15.0. The fourth-order valence-corrected chi connectivity index (χ4v) is 3.13. The largest absolute Gasteiger partial charge is 0.368 e. The number of amides is 2. The van der Waals surface area contributed by atoms with Crippen molar-refractivity contribution in [2.24, 2.45) is 5.73 Å². The van der Waals surface area contributed by atoms with E-state index in [1.54, 1.807) is 12.1 Å². The SMILES string of the molecule is NC(=O)[C@H](Cc1ccccc1Br)NC(=O)c1ccc2ccccc2c1. The maximum absolute atomic E-state index is 12.5. The van der Waals surface area contributed by atoms with Gasteiger partial charge in [-0.05, 0) is 34.5 Å². The molecule has 0 saturated carbocycles. The maximum Gasteiger partial charge on any atom is 0.251 e. The first-order valence-electron chi connectivity index (χ1n) is 7.87. The molecule has 0 fully saturated rings. The highest BCUT2D eigenvalue weighted by Gasteiger charge is 2.20. The third-order valence-corrected chi connectivity index (χ3v) is 4.82.